The van der Waals surface area contributed by atoms with Gasteiger partial charge in [-0.15, -0.1) is 10.2 Å². The minimum absolute atomic E-state index is 0.152. The molecule has 3 nitrogen and oxygen atoms in total. The average molecular weight is 200 g/mol. The zero-order chi connectivity index (χ0) is 9.31. The summed E-state index contributed by atoms with van der Waals surface area (Å²) >= 11 is 5.95. The van der Waals surface area contributed by atoms with Crippen LogP contribution in [0.5, 0.6) is 0 Å². The Bertz CT molecular complexity index is 289. The summed E-state index contributed by atoms with van der Waals surface area (Å²) < 4.78 is 2.01. The molecule has 0 amide bonds. The normalized spacial score (nSPS) is 21.7. The SMILES string of the molecule is CC1(n2cnnc2Cl)CCCCC1. The van der Waals surface area contributed by atoms with Gasteiger partial charge < -0.3 is 0 Å². The third-order valence-corrected chi connectivity index (χ3v) is 3.28. The fourth-order valence-corrected chi connectivity index (χ4v) is 2.43. The van der Waals surface area contributed by atoms with Gasteiger partial charge in [-0.1, -0.05) is 19.3 Å². The van der Waals surface area contributed by atoms with Crippen molar-refractivity contribution in [1.82, 2.24) is 14.8 Å². The van der Waals surface area contributed by atoms with Gasteiger partial charge in [-0.05, 0) is 31.4 Å². The largest absolute Gasteiger partial charge is 0.298 e. The van der Waals surface area contributed by atoms with Crippen LogP contribution >= 0.6 is 11.6 Å². The van der Waals surface area contributed by atoms with Gasteiger partial charge in [0, 0.05) is 5.54 Å². The summed E-state index contributed by atoms with van der Waals surface area (Å²) in [7, 11) is 0. The summed E-state index contributed by atoms with van der Waals surface area (Å²) in [6, 6.07) is 0. The van der Waals surface area contributed by atoms with Gasteiger partial charge in [0.1, 0.15) is 6.33 Å². The van der Waals surface area contributed by atoms with Crippen molar-refractivity contribution in [3.8, 4) is 0 Å². The number of halogens is 1. The van der Waals surface area contributed by atoms with Gasteiger partial charge in [0.25, 0.3) is 0 Å². The Kier molecular flexibility index (Phi) is 2.28. The van der Waals surface area contributed by atoms with Crippen LogP contribution in [-0.2, 0) is 5.54 Å². The van der Waals surface area contributed by atoms with Crippen LogP contribution in [0.1, 0.15) is 39.0 Å². The minimum atomic E-state index is 0.152. The average Bonchev–Trinajstić information content (AvgIpc) is 2.53. The lowest BCUT2D eigenvalue weighted by atomic mass is 9.83. The Hall–Kier alpha value is -0.570. The molecular formula is C9H14ClN3. The number of nitrogens with zero attached hydrogens (tertiary/aromatic N) is 3. The molecule has 2 rings (SSSR count). The monoisotopic (exact) mass is 199 g/mol. The Balaban J connectivity index is 2.27. The van der Waals surface area contributed by atoms with Crippen molar-refractivity contribution >= 4 is 11.6 Å². The molecule has 0 saturated heterocycles. The molecule has 0 N–H and O–H groups in total. The Morgan fingerprint density at radius 1 is 1.38 bits per heavy atom. The molecule has 1 heterocycles. The van der Waals surface area contributed by atoms with E-state index in [0.29, 0.717) is 5.28 Å². The summed E-state index contributed by atoms with van der Waals surface area (Å²) in [5.74, 6) is 0. The van der Waals surface area contributed by atoms with Crippen LogP contribution in [0.2, 0.25) is 5.28 Å². The molecular weight excluding hydrogens is 186 g/mol. The van der Waals surface area contributed by atoms with Crippen molar-refractivity contribution in [2.45, 2.75) is 44.6 Å². The highest BCUT2D eigenvalue weighted by molar-refractivity contribution is 6.28. The number of rotatable bonds is 1. The highest BCUT2D eigenvalue weighted by Crippen LogP contribution is 2.35. The maximum Gasteiger partial charge on any atom is 0.225 e. The van der Waals surface area contributed by atoms with Crippen molar-refractivity contribution < 1.29 is 0 Å². The molecule has 1 saturated carbocycles. The van der Waals surface area contributed by atoms with E-state index in [-0.39, 0.29) is 5.54 Å². The Labute approximate surface area is 83.1 Å². The first-order chi connectivity index (χ1) is 6.22. The molecule has 1 aromatic rings. The molecule has 1 aliphatic rings. The lowest BCUT2D eigenvalue weighted by Gasteiger charge is -2.34. The molecule has 13 heavy (non-hydrogen) atoms. The second kappa shape index (κ2) is 3.29. The Morgan fingerprint density at radius 2 is 2.08 bits per heavy atom. The van der Waals surface area contributed by atoms with E-state index in [1.54, 1.807) is 6.33 Å². The van der Waals surface area contributed by atoms with Gasteiger partial charge in [0.15, 0.2) is 0 Å². The highest BCUT2D eigenvalue weighted by Gasteiger charge is 2.30. The first-order valence-electron chi connectivity index (χ1n) is 4.78. The zero-order valence-electron chi connectivity index (χ0n) is 7.83. The first kappa shape index (κ1) is 9.00. The molecule has 0 unspecified atom stereocenters. The van der Waals surface area contributed by atoms with Crippen LogP contribution in [0, 0.1) is 0 Å². The zero-order valence-corrected chi connectivity index (χ0v) is 8.59. The Morgan fingerprint density at radius 3 is 2.62 bits per heavy atom. The summed E-state index contributed by atoms with van der Waals surface area (Å²) in [6.07, 6.45) is 8.02. The lowest BCUT2D eigenvalue weighted by Crippen LogP contribution is -2.32. The lowest BCUT2D eigenvalue weighted by molar-refractivity contribution is 0.218. The molecule has 1 aromatic heterocycles. The van der Waals surface area contributed by atoms with E-state index in [0.717, 1.165) is 0 Å². The first-order valence-corrected chi connectivity index (χ1v) is 5.16. The van der Waals surface area contributed by atoms with Gasteiger partial charge in [0.05, 0.1) is 0 Å². The van der Waals surface area contributed by atoms with Gasteiger partial charge >= 0.3 is 0 Å². The molecule has 1 fully saturated rings. The minimum Gasteiger partial charge on any atom is -0.298 e. The second-order valence-electron chi connectivity index (χ2n) is 4.03. The van der Waals surface area contributed by atoms with E-state index in [4.69, 9.17) is 11.6 Å². The van der Waals surface area contributed by atoms with Crippen LogP contribution in [0.25, 0.3) is 0 Å². The molecule has 0 atom stereocenters. The third-order valence-electron chi connectivity index (χ3n) is 3.02. The summed E-state index contributed by atoms with van der Waals surface area (Å²) in [6.45, 7) is 2.24. The molecule has 0 spiro atoms. The molecule has 0 aliphatic heterocycles. The molecule has 0 radical (unpaired) electrons. The summed E-state index contributed by atoms with van der Waals surface area (Å²) in [5, 5.41) is 8.16. The fraction of sp³-hybridized carbons (Fsp3) is 0.778. The van der Waals surface area contributed by atoms with Crippen molar-refractivity contribution in [2.75, 3.05) is 0 Å². The van der Waals surface area contributed by atoms with Crippen LogP contribution < -0.4 is 0 Å². The summed E-state index contributed by atoms with van der Waals surface area (Å²) in [5.41, 5.74) is 0.152. The molecule has 4 heteroatoms. The predicted molar refractivity (Wildman–Crippen MR) is 51.8 cm³/mol. The standard InChI is InChI=1S/C9H14ClN3/c1-9(5-3-2-4-6-9)13-7-11-12-8(13)10/h7H,2-6H2,1H3. The van der Waals surface area contributed by atoms with Crippen molar-refractivity contribution in [3.63, 3.8) is 0 Å². The molecule has 0 aromatic carbocycles. The van der Waals surface area contributed by atoms with E-state index in [1.807, 2.05) is 4.57 Å². The van der Waals surface area contributed by atoms with E-state index in [2.05, 4.69) is 17.1 Å². The predicted octanol–water partition coefficient (Wildman–Crippen LogP) is 2.61. The maximum atomic E-state index is 5.95. The van der Waals surface area contributed by atoms with E-state index in [1.165, 1.54) is 32.1 Å². The highest BCUT2D eigenvalue weighted by atomic mass is 35.5. The third kappa shape index (κ3) is 1.57. The van der Waals surface area contributed by atoms with Gasteiger partial charge in [-0.2, -0.15) is 0 Å². The molecule has 0 bridgehead atoms. The number of hydrogen-bond donors (Lipinski definition) is 0. The van der Waals surface area contributed by atoms with Crippen LogP contribution in [0.15, 0.2) is 6.33 Å². The number of hydrogen-bond acceptors (Lipinski definition) is 2. The maximum absolute atomic E-state index is 5.95. The molecule has 72 valence electrons. The van der Waals surface area contributed by atoms with Gasteiger partial charge in [-0.3, -0.25) is 4.57 Å². The van der Waals surface area contributed by atoms with Crippen LogP contribution in [-0.4, -0.2) is 14.8 Å². The van der Waals surface area contributed by atoms with E-state index >= 15 is 0 Å². The van der Waals surface area contributed by atoms with Gasteiger partial charge in [-0.25, -0.2) is 0 Å². The second-order valence-corrected chi connectivity index (χ2v) is 4.37. The van der Waals surface area contributed by atoms with Crippen molar-refractivity contribution in [2.24, 2.45) is 0 Å². The molecule has 1 aliphatic carbocycles. The van der Waals surface area contributed by atoms with Crippen molar-refractivity contribution in [1.29, 1.82) is 0 Å². The van der Waals surface area contributed by atoms with Gasteiger partial charge in [0.2, 0.25) is 5.28 Å². The van der Waals surface area contributed by atoms with E-state index < -0.39 is 0 Å². The van der Waals surface area contributed by atoms with Crippen LogP contribution in [0.4, 0.5) is 0 Å². The van der Waals surface area contributed by atoms with Crippen LogP contribution in [0.3, 0.4) is 0 Å². The quantitative estimate of drug-likeness (QED) is 0.696. The fourth-order valence-electron chi connectivity index (χ4n) is 2.14. The smallest absolute Gasteiger partial charge is 0.225 e. The van der Waals surface area contributed by atoms with Crippen molar-refractivity contribution in [3.05, 3.63) is 11.6 Å². The van der Waals surface area contributed by atoms with E-state index in [9.17, 15) is 0 Å². The topological polar surface area (TPSA) is 30.7 Å². The number of aromatic nitrogens is 3. The summed E-state index contributed by atoms with van der Waals surface area (Å²) in [4.78, 5) is 0.